The fraction of sp³-hybridized carbons (Fsp3) is 0.333. The number of nitrogens with zero attached hydrogens (tertiary/aromatic N) is 4. The van der Waals surface area contributed by atoms with E-state index in [0.29, 0.717) is 53.8 Å². The molecule has 9 nitrogen and oxygen atoms in total. The molecule has 1 N–H and O–H groups in total. The summed E-state index contributed by atoms with van der Waals surface area (Å²) in [5.74, 6) is 2.01. The molecule has 5 rings (SSSR count). The third kappa shape index (κ3) is 4.03. The molecule has 0 saturated carbocycles. The summed E-state index contributed by atoms with van der Waals surface area (Å²) in [6.45, 7) is 2.28. The van der Waals surface area contributed by atoms with Gasteiger partial charge in [-0.1, -0.05) is 17.3 Å². The number of furan rings is 1. The normalized spacial score (nSPS) is 16.6. The molecule has 0 aliphatic carbocycles. The first kappa shape index (κ1) is 18.7. The Kier molecular flexibility index (Phi) is 5.12. The van der Waals surface area contributed by atoms with Gasteiger partial charge in [0.15, 0.2) is 5.76 Å². The summed E-state index contributed by atoms with van der Waals surface area (Å²) in [6, 6.07) is 10.9. The highest BCUT2D eigenvalue weighted by molar-refractivity contribution is 5.77. The lowest BCUT2D eigenvalue weighted by Gasteiger charge is -2.23. The van der Waals surface area contributed by atoms with E-state index in [1.165, 1.54) is 0 Å². The smallest absolute Gasteiger partial charge is 0.258 e. The Morgan fingerprint density at radius 1 is 1.13 bits per heavy atom. The standard InChI is InChI=1S/C21H21N5O4/c27-21-15-6-1-2-7-16(15)22-18(23-21)12-26(11-14-5-3-9-28-14)13-19-24-20(25-30-19)17-8-4-10-29-17/h1-2,4,6-8,10,14H,3,5,9,11-13H2,(H,22,23,27). The molecule has 1 saturated heterocycles. The van der Waals surface area contributed by atoms with Gasteiger partial charge in [0, 0.05) is 13.2 Å². The third-order valence-corrected chi connectivity index (χ3v) is 5.09. The van der Waals surface area contributed by atoms with Crippen molar-refractivity contribution in [3.8, 4) is 11.6 Å². The molecule has 1 aliphatic heterocycles. The summed E-state index contributed by atoms with van der Waals surface area (Å²) in [6.07, 6.45) is 3.74. The molecule has 0 radical (unpaired) electrons. The quantitative estimate of drug-likeness (QED) is 0.498. The Morgan fingerprint density at radius 2 is 2.07 bits per heavy atom. The number of nitrogens with one attached hydrogen (secondary N) is 1. The van der Waals surface area contributed by atoms with E-state index in [4.69, 9.17) is 13.7 Å². The van der Waals surface area contributed by atoms with Crippen molar-refractivity contribution >= 4 is 10.9 Å². The first-order valence-electron chi connectivity index (χ1n) is 9.93. The van der Waals surface area contributed by atoms with Crippen LogP contribution in [0.4, 0.5) is 0 Å². The molecule has 9 heteroatoms. The summed E-state index contributed by atoms with van der Waals surface area (Å²) < 4.78 is 16.5. The van der Waals surface area contributed by atoms with Crippen LogP contribution in [0.1, 0.15) is 24.6 Å². The van der Waals surface area contributed by atoms with Crippen LogP contribution < -0.4 is 5.56 Å². The van der Waals surface area contributed by atoms with Crippen molar-refractivity contribution < 1.29 is 13.7 Å². The molecule has 1 aliphatic rings. The molecule has 0 bridgehead atoms. The van der Waals surface area contributed by atoms with Crippen LogP contribution in [-0.4, -0.2) is 44.3 Å². The monoisotopic (exact) mass is 407 g/mol. The Labute approximate surface area is 171 Å². The summed E-state index contributed by atoms with van der Waals surface area (Å²) in [5, 5.41) is 4.57. The summed E-state index contributed by atoms with van der Waals surface area (Å²) in [4.78, 5) is 26.5. The average Bonchev–Trinajstić information content (AvgIpc) is 3.51. The number of ether oxygens (including phenoxy) is 1. The van der Waals surface area contributed by atoms with Crippen LogP contribution in [0, 0.1) is 0 Å². The number of aromatic nitrogens is 4. The molecule has 0 spiro atoms. The second-order valence-electron chi connectivity index (χ2n) is 7.32. The maximum Gasteiger partial charge on any atom is 0.258 e. The van der Waals surface area contributed by atoms with E-state index < -0.39 is 0 Å². The Bertz CT molecular complexity index is 1180. The molecule has 30 heavy (non-hydrogen) atoms. The third-order valence-electron chi connectivity index (χ3n) is 5.09. The van der Waals surface area contributed by atoms with Gasteiger partial charge in [-0.05, 0) is 37.1 Å². The molecule has 4 aromatic rings. The maximum atomic E-state index is 12.4. The molecule has 1 unspecified atom stereocenters. The van der Waals surface area contributed by atoms with Gasteiger partial charge in [0.25, 0.3) is 5.56 Å². The number of para-hydroxylation sites is 1. The van der Waals surface area contributed by atoms with E-state index in [1.54, 1.807) is 24.5 Å². The second-order valence-corrected chi connectivity index (χ2v) is 7.32. The number of fused-ring (bicyclic) bond motifs is 1. The molecule has 1 atom stereocenters. The van der Waals surface area contributed by atoms with E-state index in [0.717, 1.165) is 19.4 Å². The van der Waals surface area contributed by atoms with Gasteiger partial charge in [-0.3, -0.25) is 9.69 Å². The van der Waals surface area contributed by atoms with Gasteiger partial charge in [-0.25, -0.2) is 4.98 Å². The highest BCUT2D eigenvalue weighted by Gasteiger charge is 2.22. The lowest BCUT2D eigenvalue weighted by Crippen LogP contribution is -2.33. The zero-order chi connectivity index (χ0) is 20.3. The number of rotatable bonds is 7. The first-order valence-corrected chi connectivity index (χ1v) is 9.93. The van der Waals surface area contributed by atoms with Gasteiger partial charge >= 0.3 is 0 Å². The number of hydrogen-bond acceptors (Lipinski definition) is 8. The molecule has 1 aromatic carbocycles. The van der Waals surface area contributed by atoms with Crippen molar-refractivity contribution in [1.82, 2.24) is 25.0 Å². The molecule has 0 amide bonds. The minimum atomic E-state index is -0.148. The number of aromatic amines is 1. The van der Waals surface area contributed by atoms with Gasteiger partial charge in [0.1, 0.15) is 5.82 Å². The van der Waals surface area contributed by atoms with Crippen LogP contribution >= 0.6 is 0 Å². The van der Waals surface area contributed by atoms with Gasteiger partial charge in [0.2, 0.25) is 11.7 Å². The zero-order valence-corrected chi connectivity index (χ0v) is 16.3. The number of benzene rings is 1. The van der Waals surface area contributed by atoms with Crippen LogP contribution in [0.15, 0.2) is 56.4 Å². The highest BCUT2D eigenvalue weighted by Crippen LogP contribution is 2.19. The topological polar surface area (TPSA) is 110 Å². The van der Waals surface area contributed by atoms with Crippen LogP contribution in [0.25, 0.3) is 22.5 Å². The van der Waals surface area contributed by atoms with Crippen molar-refractivity contribution in [3.63, 3.8) is 0 Å². The molecule has 154 valence electrons. The minimum Gasteiger partial charge on any atom is -0.461 e. The minimum absolute atomic E-state index is 0.129. The van der Waals surface area contributed by atoms with Crippen molar-refractivity contribution in [2.75, 3.05) is 13.2 Å². The number of hydrogen-bond donors (Lipinski definition) is 1. The van der Waals surface area contributed by atoms with E-state index in [1.807, 2.05) is 18.2 Å². The predicted octanol–water partition coefficient (Wildman–Crippen LogP) is 2.75. The Hall–Kier alpha value is -3.30. The fourth-order valence-corrected chi connectivity index (χ4v) is 3.70. The molecule has 1 fully saturated rings. The van der Waals surface area contributed by atoms with Crippen LogP contribution in [0.5, 0.6) is 0 Å². The first-order chi connectivity index (χ1) is 14.7. The summed E-state index contributed by atoms with van der Waals surface area (Å²) in [5.41, 5.74) is 0.525. The van der Waals surface area contributed by atoms with E-state index >= 15 is 0 Å². The molecular formula is C21H21N5O4. The predicted molar refractivity (Wildman–Crippen MR) is 107 cm³/mol. The largest absolute Gasteiger partial charge is 0.461 e. The van der Waals surface area contributed by atoms with E-state index in [-0.39, 0.29) is 11.7 Å². The van der Waals surface area contributed by atoms with Crippen LogP contribution in [0.3, 0.4) is 0 Å². The average molecular weight is 407 g/mol. The van der Waals surface area contributed by atoms with Crippen molar-refractivity contribution in [3.05, 3.63) is 64.7 Å². The second kappa shape index (κ2) is 8.21. The van der Waals surface area contributed by atoms with Crippen molar-refractivity contribution in [2.45, 2.75) is 32.0 Å². The van der Waals surface area contributed by atoms with Crippen LogP contribution in [-0.2, 0) is 17.8 Å². The summed E-state index contributed by atoms with van der Waals surface area (Å²) in [7, 11) is 0. The Morgan fingerprint density at radius 3 is 2.90 bits per heavy atom. The molecule has 4 heterocycles. The maximum absolute atomic E-state index is 12.4. The lowest BCUT2D eigenvalue weighted by molar-refractivity contribution is 0.0631. The van der Waals surface area contributed by atoms with Gasteiger partial charge in [-0.2, -0.15) is 4.98 Å². The van der Waals surface area contributed by atoms with Crippen molar-refractivity contribution in [2.24, 2.45) is 0 Å². The lowest BCUT2D eigenvalue weighted by atomic mass is 10.2. The van der Waals surface area contributed by atoms with Gasteiger partial charge < -0.3 is 18.7 Å². The fourth-order valence-electron chi connectivity index (χ4n) is 3.70. The number of H-pyrrole nitrogens is 1. The van der Waals surface area contributed by atoms with Gasteiger partial charge in [0.05, 0.1) is 36.4 Å². The summed E-state index contributed by atoms with van der Waals surface area (Å²) >= 11 is 0. The highest BCUT2D eigenvalue weighted by atomic mass is 16.5. The van der Waals surface area contributed by atoms with Crippen LogP contribution in [0.2, 0.25) is 0 Å². The van der Waals surface area contributed by atoms with Gasteiger partial charge in [-0.15, -0.1) is 0 Å². The zero-order valence-electron chi connectivity index (χ0n) is 16.3. The van der Waals surface area contributed by atoms with E-state index in [2.05, 4.69) is 25.0 Å². The van der Waals surface area contributed by atoms with Crippen molar-refractivity contribution in [1.29, 1.82) is 0 Å². The molecule has 3 aromatic heterocycles. The SMILES string of the molecule is O=c1[nH]c(CN(Cc2nc(-c3ccco3)no2)CC2CCCO2)nc2ccccc12. The van der Waals surface area contributed by atoms with E-state index in [9.17, 15) is 4.79 Å². The molecular weight excluding hydrogens is 386 g/mol. The Balaban J connectivity index is 1.38.